The molecule has 0 aromatic heterocycles. The summed E-state index contributed by atoms with van der Waals surface area (Å²) in [6.07, 6.45) is 2.75. The Labute approximate surface area is 96.7 Å². The first-order valence-corrected chi connectivity index (χ1v) is 5.96. The molecule has 16 heavy (non-hydrogen) atoms. The predicted molar refractivity (Wildman–Crippen MR) is 61.1 cm³/mol. The molecule has 0 aliphatic carbocycles. The van der Waals surface area contributed by atoms with Crippen LogP contribution in [0.2, 0.25) is 0 Å². The first-order valence-electron chi connectivity index (χ1n) is 5.96. The molecule has 0 aromatic carbocycles. The molecular formula is C11H22N2O3. The van der Waals surface area contributed by atoms with E-state index in [0.29, 0.717) is 26.4 Å². The second-order valence-electron chi connectivity index (χ2n) is 4.06. The highest BCUT2D eigenvalue weighted by molar-refractivity contribution is 5.81. The van der Waals surface area contributed by atoms with Crippen molar-refractivity contribution in [2.75, 3.05) is 26.4 Å². The lowest BCUT2D eigenvalue weighted by atomic mass is 10.1. The van der Waals surface area contributed by atoms with Crippen LogP contribution in [0.5, 0.6) is 0 Å². The maximum absolute atomic E-state index is 11.6. The van der Waals surface area contributed by atoms with Gasteiger partial charge in [-0.3, -0.25) is 4.79 Å². The number of hydrogen-bond acceptors (Lipinski definition) is 4. The fourth-order valence-electron chi connectivity index (χ4n) is 1.56. The van der Waals surface area contributed by atoms with E-state index in [4.69, 9.17) is 15.2 Å². The molecule has 3 N–H and O–H groups in total. The molecular weight excluding hydrogens is 208 g/mol. The van der Waals surface area contributed by atoms with Crippen LogP contribution in [-0.4, -0.2) is 44.4 Å². The molecule has 94 valence electrons. The Balaban J connectivity index is 2.12. The van der Waals surface area contributed by atoms with Crippen molar-refractivity contribution in [2.45, 2.75) is 38.3 Å². The van der Waals surface area contributed by atoms with Gasteiger partial charge >= 0.3 is 0 Å². The molecule has 1 amide bonds. The van der Waals surface area contributed by atoms with E-state index in [2.05, 4.69) is 12.2 Å². The minimum atomic E-state index is -0.399. The highest BCUT2D eigenvalue weighted by Crippen LogP contribution is 2.01. The first kappa shape index (κ1) is 13.4. The van der Waals surface area contributed by atoms with Crippen LogP contribution in [-0.2, 0) is 14.3 Å². The molecule has 0 spiro atoms. The zero-order valence-corrected chi connectivity index (χ0v) is 9.91. The SMILES string of the molecule is CCCCC(N)C(=O)NCC1COCCO1. The van der Waals surface area contributed by atoms with Gasteiger partial charge in [0.2, 0.25) is 5.91 Å². The fraction of sp³-hybridized carbons (Fsp3) is 0.909. The van der Waals surface area contributed by atoms with E-state index in [1.165, 1.54) is 0 Å². The van der Waals surface area contributed by atoms with Crippen molar-refractivity contribution < 1.29 is 14.3 Å². The van der Waals surface area contributed by atoms with Crippen LogP contribution >= 0.6 is 0 Å². The summed E-state index contributed by atoms with van der Waals surface area (Å²) in [5.41, 5.74) is 5.73. The van der Waals surface area contributed by atoms with Gasteiger partial charge in [-0.05, 0) is 6.42 Å². The van der Waals surface area contributed by atoms with Gasteiger partial charge in [0.25, 0.3) is 0 Å². The zero-order valence-electron chi connectivity index (χ0n) is 9.91. The fourth-order valence-corrected chi connectivity index (χ4v) is 1.56. The van der Waals surface area contributed by atoms with E-state index >= 15 is 0 Å². The molecule has 2 atom stereocenters. The molecule has 0 radical (unpaired) electrons. The average molecular weight is 230 g/mol. The van der Waals surface area contributed by atoms with Crippen molar-refractivity contribution in [3.63, 3.8) is 0 Å². The van der Waals surface area contributed by atoms with E-state index in [0.717, 1.165) is 19.3 Å². The third-order valence-electron chi connectivity index (χ3n) is 2.59. The van der Waals surface area contributed by atoms with Gasteiger partial charge in [0.1, 0.15) is 0 Å². The van der Waals surface area contributed by atoms with Crippen LogP contribution in [0.15, 0.2) is 0 Å². The van der Waals surface area contributed by atoms with Crippen LogP contribution in [0.4, 0.5) is 0 Å². The van der Waals surface area contributed by atoms with E-state index in [1.807, 2.05) is 0 Å². The van der Waals surface area contributed by atoms with Gasteiger partial charge in [0, 0.05) is 6.54 Å². The minimum absolute atomic E-state index is 0.0314. The average Bonchev–Trinajstić information content (AvgIpc) is 2.34. The van der Waals surface area contributed by atoms with E-state index in [1.54, 1.807) is 0 Å². The highest BCUT2D eigenvalue weighted by atomic mass is 16.6. The molecule has 1 aliphatic heterocycles. The normalized spacial score (nSPS) is 22.8. The Kier molecular flexibility index (Phi) is 6.37. The van der Waals surface area contributed by atoms with Gasteiger partial charge < -0.3 is 20.5 Å². The number of rotatable bonds is 6. The Bertz CT molecular complexity index is 205. The summed E-state index contributed by atoms with van der Waals surface area (Å²) in [4.78, 5) is 11.6. The van der Waals surface area contributed by atoms with Crippen molar-refractivity contribution >= 4 is 5.91 Å². The van der Waals surface area contributed by atoms with Crippen molar-refractivity contribution in [3.05, 3.63) is 0 Å². The third kappa shape index (κ3) is 4.92. The van der Waals surface area contributed by atoms with E-state index < -0.39 is 6.04 Å². The zero-order chi connectivity index (χ0) is 11.8. The van der Waals surface area contributed by atoms with Gasteiger partial charge in [-0.25, -0.2) is 0 Å². The lowest BCUT2D eigenvalue weighted by Crippen LogP contribution is -2.46. The number of unbranched alkanes of at least 4 members (excludes halogenated alkanes) is 1. The maximum atomic E-state index is 11.6. The van der Waals surface area contributed by atoms with Crippen molar-refractivity contribution in [1.82, 2.24) is 5.32 Å². The lowest BCUT2D eigenvalue weighted by molar-refractivity contribution is -0.125. The second kappa shape index (κ2) is 7.60. The quantitative estimate of drug-likeness (QED) is 0.675. The number of nitrogens with two attached hydrogens (primary N) is 1. The van der Waals surface area contributed by atoms with Crippen LogP contribution in [0.3, 0.4) is 0 Å². The summed E-state index contributed by atoms with van der Waals surface area (Å²) in [6.45, 7) is 4.35. The standard InChI is InChI=1S/C11H22N2O3/c1-2-3-4-10(12)11(14)13-7-9-8-15-5-6-16-9/h9-10H,2-8,12H2,1H3,(H,13,14). The number of carbonyl (C=O) groups is 1. The second-order valence-corrected chi connectivity index (χ2v) is 4.06. The van der Waals surface area contributed by atoms with Crippen LogP contribution in [0, 0.1) is 0 Å². The monoisotopic (exact) mass is 230 g/mol. The number of hydrogen-bond donors (Lipinski definition) is 2. The summed E-state index contributed by atoms with van der Waals surface area (Å²) in [5, 5.41) is 2.79. The first-order chi connectivity index (χ1) is 7.74. The van der Waals surface area contributed by atoms with Crippen molar-refractivity contribution in [1.29, 1.82) is 0 Å². The molecule has 1 rings (SSSR count). The molecule has 1 heterocycles. The van der Waals surface area contributed by atoms with E-state index in [9.17, 15) is 4.79 Å². The molecule has 5 heteroatoms. The summed E-state index contributed by atoms with van der Waals surface area (Å²) < 4.78 is 10.6. The molecule has 1 aliphatic rings. The Morgan fingerprint density at radius 1 is 1.56 bits per heavy atom. The maximum Gasteiger partial charge on any atom is 0.237 e. The number of ether oxygens (including phenoxy) is 2. The molecule has 5 nitrogen and oxygen atoms in total. The van der Waals surface area contributed by atoms with Crippen LogP contribution in [0.1, 0.15) is 26.2 Å². The molecule has 2 unspecified atom stereocenters. The largest absolute Gasteiger partial charge is 0.376 e. The smallest absolute Gasteiger partial charge is 0.237 e. The molecule has 1 saturated heterocycles. The van der Waals surface area contributed by atoms with Crippen LogP contribution < -0.4 is 11.1 Å². The van der Waals surface area contributed by atoms with Gasteiger partial charge in [0.05, 0.1) is 32.0 Å². The topological polar surface area (TPSA) is 73.6 Å². The van der Waals surface area contributed by atoms with Crippen LogP contribution in [0.25, 0.3) is 0 Å². The highest BCUT2D eigenvalue weighted by Gasteiger charge is 2.17. The molecule has 1 fully saturated rings. The minimum Gasteiger partial charge on any atom is -0.376 e. The summed E-state index contributed by atoms with van der Waals surface area (Å²) in [7, 11) is 0. The number of carbonyl (C=O) groups excluding carboxylic acids is 1. The predicted octanol–water partition coefficient (Wildman–Crippen LogP) is 0.0355. The summed E-state index contributed by atoms with van der Waals surface area (Å²) in [5.74, 6) is -0.0948. The Morgan fingerprint density at radius 2 is 2.38 bits per heavy atom. The van der Waals surface area contributed by atoms with Gasteiger partial charge in [-0.1, -0.05) is 19.8 Å². The Morgan fingerprint density at radius 3 is 3.00 bits per heavy atom. The Hall–Kier alpha value is -0.650. The van der Waals surface area contributed by atoms with Crippen molar-refractivity contribution in [3.8, 4) is 0 Å². The van der Waals surface area contributed by atoms with Gasteiger partial charge in [0.15, 0.2) is 0 Å². The summed E-state index contributed by atoms with van der Waals surface area (Å²) >= 11 is 0. The van der Waals surface area contributed by atoms with Gasteiger partial charge in [-0.2, -0.15) is 0 Å². The van der Waals surface area contributed by atoms with Crippen molar-refractivity contribution in [2.24, 2.45) is 5.73 Å². The number of nitrogens with one attached hydrogen (secondary N) is 1. The van der Waals surface area contributed by atoms with Gasteiger partial charge in [-0.15, -0.1) is 0 Å². The molecule has 0 bridgehead atoms. The van der Waals surface area contributed by atoms with E-state index in [-0.39, 0.29) is 12.0 Å². The molecule has 0 saturated carbocycles. The third-order valence-corrected chi connectivity index (χ3v) is 2.59. The molecule has 0 aromatic rings. The lowest BCUT2D eigenvalue weighted by Gasteiger charge is -2.23. The number of amides is 1. The summed E-state index contributed by atoms with van der Waals surface area (Å²) in [6, 6.07) is -0.399.